The van der Waals surface area contributed by atoms with E-state index >= 15 is 0 Å². The fraction of sp³-hybridized carbons (Fsp3) is 0.889. The monoisotopic (exact) mass is 324 g/mol. The number of rotatable bonds is 10. The molecule has 0 aromatic rings. The topological polar surface area (TPSA) is 65.5 Å². The third-order valence-corrected chi connectivity index (χ3v) is 4.30. The van der Waals surface area contributed by atoms with Crippen molar-refractivity contribution in [1.82, 2.24) is 16.0 Å². The average molecular weight is 325 g/mol. The van der Waals surface area contributed by atoms with Gasteiger partial charge in [0.25, 0.3) is 0 Å². The highest BCUT2D eigenvalue weighted by molar-refractivity contribution is 5.81. The maximum absolute atomic E-state index is 11.9. The van der Waals surface area contributed by atoms with E-state index in [-0.39, 0.29) is 5.91 Å². The lowest BCUT2D eigenvalue weighted by molar-refractivity contribution is -0.121. The minimum Gasteiger partial charge on any atom is -0.357 e. The second-order valence-corrected chi connectivity index (χ2v) is 6.60. The van der Waals surface area contributed by atoms with Gasteiger partial charge < -0.3 is 16.0 Å². The first-order chi connectivity index (χ1) is 11.2. The van der Waals surface area contributed by atoms with E-state index in [9.17, 15) is 4.79 Å². The zero-order chi connectivity index (χ0) is 16.9. The van der Waals surface area contributed by atoms with E-state index in [1.807, 2.05) is 0 Å². The van der Waals surface area contributed by atoms with Crippen molar-refractivity contribution >= 4 is 11.9 Å². The molecule has 5 heteroatoms. The zero-order valence-corrected chi connectivity index (χ0v) is 15.3. The van der Waals surface area contributed by atoms with Crippen LogP contribution in [-0.2, 0) is 4.79 Å². The van der Waals surface area contributed by atoms with Gasteiger partial charge in [-0.25, -0.2) is 0 Å². The highest BCUT2D eigenvalue weighted by Crippen LogP contribution is 2.17. The second kappa shape index (κ2) is 12.2. The summed E-state index contributed by atoms with van der Waals surface area (Å²) in [6.07, 6.45) is 10.1. The normalized spacial score (nSPS) is 17.1. The highest BCUT2D eigenvalue weighted by atomic mass is 16.1. The molecule has 1 amide bonds. The number of guanidine groups is 1. The number of hydrogen-bond acceptors (Lipinski definition) is 2. The molecule has 0 aromatic heterocycles. The predicted molar refractivity (Wildman–Crippen MR) is 97.7 cm³/mol. The summed E-state index contributed by atoms with van der Waals surface area (Å²) in [5.41, 5.74) is 0. The van der Waals surface area contributed by atoms with Crippen LogP contribution in [-0.4, -0.2) is 37.0 Å². The minimum absolute atomic E-state index is 0.132. The van der Waals surface area contributed by atoms with E-state index in [1.54, 1.807) is 0 Å². The summed E-state index contributed by atoms with van der Waals surface area (Å²) in [5, 5.41) is 9.80. The second-order valence-electron chi connectivity index (χ2n) is 6.60. The van der Waals surface area contributed by atoms with Gasteiger partial charge in [-0.1, -0.05) is 39.0 Å². The molecule has 1 aliphatic rings. The molecule has 0 spiro atoms. The van der Waals surface area contributed by atoms with Crippen LogP contribution >= 0.6 is 0 Å². The summed E-state index contributed by atoms with van der Waals surface area (Å²) in [6, 6.07) is 0.808. The molecule has 134 valence electrons. The lowest BCUT2D eigenvalue weighted by atomic mass is 10.1. The molecule has 5 nitrogen and oxygen atoms in total. The third-order valence-electron chi connectivity index (χ3n) is 4.30. The first-order valence-corrected chi connectivity index (χ1v) is 9.49. The molecular weight excluding hydrogens is 288 g/mol. The van der Waals surface area contributed by atoms with Crippen LogP contribution in [0.2, 0.25) is 0 Å². The number of nitrogens with zero attached hydrogens (tertiary/aromatic N) is 1. The Hall–Kier alpha value is -1.26. The first-order valence-electron chi connectivity index (χ1n) is 9.49. The minimum atomic E-state index is 0.132. The molecule has 0 heterocycles. The van der Waals surface area contributed by atoms with Crippen LogP contribution in [0.15, 0.2) is 4.99 Å². The van der Waals surface area contributed by atoms with Gasteiger partial charge in [0.1, 0.15) is 0 Å². The predicted octanol–water partition coefficient (Wildman–Crippen LogP) is 2.96. The van der Waals surface area contributed by atoms with Crippen molar-refractivity contribution < 1.29 is 4.79 Å². The number of aliphatic imine (C=N–C) groups is 1. The quantitative estimate of drug-likeness (QED) is 0.329. The lowest BCUT2D eigenvalue weighted by Gasteiger charge is -2.17. The smallest absolute Gasteiger partial charge is 0.222 e. The Balaban J connectivity index is 2.28. The van der Waals surface area contributed by atoms with Crippen LogP contribution in [0.3, 0.4) is 0 Å². The van der Waals surface area contributed by atoms with Crippen molar-refractivity contribution in [2.75, 3.05) is 13.1 Å². The fourth-order valence-electron chi connectivity index (χ4n) is 2.97. The van der Waals surface area contributed by atoms with Gasteiger partial charge in [0.05, 0.1) is 6.54 Å². The van der Waals surface area contributed by atoms with Gasteiger partial charge in [-0.2, -0.15) is 0 Å². The van der Waals surface area contributed by atoms with E-state index < -0.39 is 0 Å². The number of carbonyl (C=O) groups is 1. The Labute approximate surface area is 142 Å². The average Bonchev–Trinajstić information content (AvgIpc) is 3.00. The van der Waals surface area contributed by atoms with Crippen LogP contribution in [0.4, 0.5) is 0 Å². The number of amides is 1. The van der Waals surface area contributed by atoms with Crippen molar-refractivity contribution in [2.45, 2.75) is 90.6 Å². The Morgan fingerprint density at radius 2 is 1.96 bits per heavy atom. The molecule has 23 heavy (non-hydrogen) atoms. The molecule has 0 saturated heterocycles. The van der Waals surface area contributed by atoms with Crippen LogP contribution in [0.1, 0.15) is 78.6 Å². The molecule has 0 radical (unpaired) electrons. The number of unbranched alkanes of at least 4 members (excludes halogenated alkanes) is 2. The molecule has 1 rings (SSSR count). The first kappa shape index (κ1) is 19.8. The summed E-state index contributed by atoms with van der Waals surface area (Å²) < 4.78 is 0. The van der Waals surface area contributed by atoms with Crippen LogP contribution < -0.4 is 16.0 Å². The van der Waals surface area contributed by atoms with E-state index in [0.29, 0.717) is 25.0 Å². The van der Waals surface area contributed by atoms with Gasteiger partial charge in [0.2, 0.25) is 5.91 Å². The summed E-state index contributed by atoms with van der Waals surface area (Å²) in [5.74, 6) is 0.956. The van der Waals surface area contributed by atoms with Crippen molar-refractivity contribution in [3.63, 3.8) is 0 Å². The van der Waals surface area contributed by atoms with Crippen molar-refractivity contribution in [2.24, 2.45) is 4.99 Å². The van der Waals surface area contributed by atoms with Gasteiger partial charge in [-0.15, -0.1) is 0 Å². The van der Waals surface area contributed by atoms with Gasteiger partial charge >= 0.3 is 0 Å². The summed E-state index contributed by atoms with van der Waals surface area (Å²) in [4.78, 5) is 16.4. The SMILES string of the molecule is CCCCCC(C)NC(=NCCC(=O)NC1CCCC1)NCC. The molecule has 0 aromatic carbocycles. The standard InChI is InChI=1S/C18H36N4O/c1-4-6-7-10-15(3)21-18(19-5-2)20-14-13-17(23)22-16-11-8-9-12-16/h15-16H,4-14H2,1-3H3,(H,22,23)(H2,19,20,21). The van der Waals surface area contributed by atoms with Crippen molar-refractivity contribution in [3.05, 3.63) is 0 Å². The Kier molecular flexibility index (Phi) is 10.5. The molecule has 1 aliphatic carbocycles. The summed E-state index contributed by atoms with van der Waals surface area (Å²) in [6.45, 7) is 7.85. The van der Waals surface area contributed by atoms with E-state index in [4.69, 9.17) is 0 Å². The molecule has 0 aliphatic heterocycles. The van der Waals surface area contributed by atoms with Crippen molar-refractivity contribution in [1.29, 1.82) is 0 Å². The molecule has 3 N–H and O–H groups in total. The summed E-state index contributed by atoms with van der Waals surface area (Å²) in [7, 11) is 0. The van der Waals surface area contributed by atoms with Gasteiger partial charge in [0.15, 0.2) is 5.96 Å². The Morgan fingerprint density at radius 1 is 1.22 bits per heavy atom. The lowest BCUT2D eigenvalue weighted by Crippen LogP contribution is -2.42. The molecule has 1 saturated carbocycles. The molecular formula is C18H36N4O. The number of hydrogen-bond donors (Lipinski definition) is 3. The van der Waals surface area contributed by atoms with Gasteiger partial charge in [0, 0.05) is 25.0 Å². The van der Waals surface area contributed by atoms with Crippen LogP contribution in [0.25, 0.3) is 0 Å². The van der Waals surface area contributed by atoms with Crippen LogP contribution in [0, 0.1) is 0 Å². The number of nitrogens with one attached hydrogen (secondary N) is 3. The Bertz CT molecular complexity index is 351. The highest BCUT2D eigenvalue weighted by Gasteiger charge is 2.16. The van der Waals surface area contributed by atoms with Crippen LogP contribution in [0.5, 0.6) is 0 Å². The molecule has 0 bridgehead atoms. The van der Waals surface area contributed by atoms with E-state index in [1.165, 1.54) is 32.1 Å². The molecule has 1 atom stereocenters. The van der Waals surface area contributed by atoms with Crippen molar-refractivity contribution in [3.8, 4) is 0 Å². The Morgan fingerprint density at radius 3 is 2.61 bits per heavy atom. The van der Waals surface area contributed by atoms with E-state index in [0.717, 1.165) is 31.8 Å². The zero-order valence-electron chi connectivity index (χ0n) is 15.3. The largest absolute Gasteiger partial charge is 0.357 e. The maximum Gasteiger partial charge on any atom is 0.222 e. The maximum atomic E-state index is 11.9. The van der Waals surface area contributed by atoms with Gasteiger partial charge in [-0.05, 0) is 33.1 Å². The van der Waals surface area contributed by atoms with Gasteiger partial charge in [-0.3, -0.25) is 9.79 Å². The molecule has 1 fully saturated rings. The third kappa shape index (κ3) is 9.47. The summed E-state index contributed by atoms with van der Waals surface area (Å²) >= 11 is 0. The number of carbonyl (C=O) groups excluding carboxylic acids is 1. The van der Waals surface area contributed by atoms with E-state index in [2.05, 4.69) is 41.7 Å². The fourth-order valence-corrected chi connectivity index (χ4v) is 2.97. The molecule has 1 unspecified atom stereocenters.